The molecular weight excluding hydrogens is 332 g/mol. The second-order valence-electron chi connectivity index (χ2n) is 8.56. The van der Waals surface area contributed by atoms with Gasteiger partial charge in [0.2, 0.25) is 0 Å². The highest BCUT2D eigenvalue weighted by Gasteiger charge is 2.37. The average Bonchev–Trinajstić information content (AvgIpc) is 2.51. The molecule has 0 fully saturated rings. The normalized spacial score (nSPS) is 15.6. The third kappa shape index (κ3) is 5.68. The predicted molar refractivity (Wildman–Crippen MR) is 105 cm³/mol. The number of rotatable bonds is 9. The molecule has 0 saturated heterocycles. The summed E-state index contributed by atoms with van der Waals surface area (Å²) in [5.74, 6) is 0.577. The molecule has 1 aromatic carbocycles. The fourth-order valence-corrected chi connectivity index (χ4v) is 4.12. The van der Waals surface area contributed by atoms with Gasteiger partial charge in [-0.15, -0.1) is 6.58 Å². The van der Waals surface area contributed by atoms with Crippen LogP contribution in [0.1, 0.15) is 72.3 Å². The molecule has 0 saturated carbocycles. The second kappa shape index (κ2) is 8.05. The largest absolute Gasteiger partial charge is 0.294 e. The Morgan fingerprint density at radius 3 is 2.08 bits per heavy atom. The number of allylic oxidation sites excluding steroid dienone is 1. The second-order valence-corrected chi connectivity index (χ2v) is 9.98. The van der Waals surface area contributed by atoms with E-state index >= 15 is 0 Å². The summed E-state index contributed by atoms with van der Waals surface area (Å²) in [6.07, 6.45) is 5.29. The van der Waals surface area contributed by atoms with Crippen LogP contribution in [-0.4, -0.2) is 13.0 Å². The molecule has 0 aliphatic rings. The van der Waals surface area contributed by atoms with E-state index in [1.54, 1.807) is 0 Å². The van der Waals surface area contributed by atoms with Gasteiger partial charge in [0, 0.05) is 0 Å². The maximum absolute atomic E-state index is 11.3. The van der Waals surface area contributed by atoms with Gasteiger partial charge in [0.05, 0.1) is 4.90 Å². The van der Waals surface area contributed by atoms with Crippen molar-refractivity contribution in [2.45, 2.75) is 71.6 Å². The maximum Gasteiger partial charge on any atom is 0.294 e. The van der Waals surface area contributed by atoms with Crippen LogP contribution in [0, 0.1) is 16.7 Å². The molecule has 4 heteroatoms. The molecule has 0 spiro atoms. The quantitative estimate of drug-likeness (QED) is 0.425. The summed E-state index contributed by atoms with van der Waals surface area (Å²) in [6.45, 7) is 17.5. The lowest BCUT2D eigenvalue weighted by molar-refractivity contribution is 0.152. The number of hydrogen-bond donors (Lipinski definition) is 1. The molecule has 142 valence electrons. The van der Waals surface area contributed by atoms with Gasteiger partial charge in [-0.05, 0) is 53.2 Å². The van der Waals surface area contributed by atoms with Gasteiger partial charge in [0.15, 0.2) is 0 Å². The maximum atomic E-state index is 11.3. The van der Waals surface area contributed by atoms with Gasteiger partial charge in [0.25, 0.3) is 10.1 Å². The SMILES string of the molecule is C=CC(C)C(C)(C)C(CC(C)(C)CCC)c1ccc(S(=O)(=O)O)cc1. The van der Waals surface area contributed by atoms with Crippen molar-refractivity contribution in [2.75, 3.05) is 0 Å². The molecule has 0 bridgehead atoms. The number of benzene rings is 1. The summed E-state index contributed by atoms with van der Waals surface area (Å²) >= 11 is 0. The molecule has 1 N–H and O–H groups in total. The summed E-state index contributed by atoms with van der Waals surface area (Å²) in [4.78, 5) is -0.0580. The summed E-state index contributed by atoms with van der Waals surface area (Å²) in [6, 6.07) is 6.68. The molecule has 0 aromatic heterocycles. The van der Waals surface area contributed by atoms with Gasteiger partial charge >= 0.3 is 0 Å². The lowest BCUT2D eigenvalue weighted by Crippen LogP contribution is -2.32. The van der Waals surface area contributed by atoms with Crippen molar-refractivity contribution in [1.29, 1.82) is 0 Å². The molecule has 2 unspecified atom stereocenters. The first-order valence-electron chi connectivity index (χ1n) is 9.05. The third-order valence-corrected chi connectivity index (χ3v) is 6.56. The summed E-state index contributed by atoms with van der Waals surface area (Å²) < 4.78 is 31.9. The summed E-state index contributed by atoms with van der Waals surface area (Å²) in [7, 11) is -4.16. The van der Waals surface area contributed by atoms with Crippen molar-refractivity contribution in [2.24, 2.45) is 16.7 Å². The highest BCUT2D eigenvalue weighted by atomic mass is 32.2. The zero-order chi connectivity index (χ0) is 19.5. The molecule has 0 aliphatic carbocycles. The van der Waals surface area contributed by atoms with Crippen LogP contribution in [0.3, 0.4) is 0 Å². The first-order chi connectivity index (χ1) is 11.3. The highest BCUT2D eigenvalue weighted by molar-refractivity contribution is 7.85. The molecule has 3 nitrogen and oxygen atoms in total. The van der Waals surface area contributed by atoms with E-state index < -0.39 is 10.1 Å². The van der Waals surface area contributed by atoms with Crippen LogP contribution < -0.4 is 0 Å². The zero-order valence-electron chi connectivity index (χ0n) is 16.5. The molecule has 0 aliphatic heterocycles. The van der Waals surface area contributed by atoms with Crippen LogP contribution in [-0.2, 0) is 10.1 Å². The lowest BCUT2D eigenvalue weighted by Gasteiger charge is -2.42. The van der Waals surface area contributed by atoms with Crippen LogP contribution in [0.4, 0.5) is 0 Å². The minimum atomic E-state index is -4.16. The molecule has 1 rings (SSSR count). The highest BCUT2D eigenvalue weighted by Crippen LogP contribution is 2.49. The van der Waals surface area contributed by atoms with Crippen LogP contribution in [0.15, 0.2) is 41.8 Å². The summed E-state index contributed by atoms with van der Waals surface area (Å²) in [5, 5.41) is 0. The molecule has 0 radical (unpaired) electrons. The van der Waals surface area contributed by atoms with Crippen LogP contribution in [0.25, 0.3) is 0 Å². The van der Waals surface area contributed by atoms with Crippen molar-refractivity contribution < 1.29 is 13.0 Å². The Kier molecular flexibility index (Phi) is 7.05. The lowest BCUT2D eigenvalue weighted by atomic mass is 9.62. The van der Waals surface area contributed by atoms with Gasteiger partial charge in [-0.1, -0.05) is 66.2 Å². The van der Waals surface area contributed by atoms with E-state index in [-0.39, 0.29) is 21.6 Å². The van der Waals surface area contributed by atoms with Crippen molar-refractivity contribution in [3.8, 4) is 0 Å². The van der Waals surface area contributed by atoms with E-state index in [0.29, 0.717) is 5.92 Å². The Balaban J connectivity index is 3.33. The average molecular weight is 367 g/mol. The first kappa shape index (κ1) is 21.9. The molecular formula is C21H34O3S. The minimum Gasteiger partial charge on any atom is -0.282 e. The Morgan fingerprint density at radius 1 is 1.16 bits per heavy atom. The molecule has 0 amide bonds. The van der Waals surface area contributed by atoms with Gasteiger partial charge < -0.3 is 0 Å². The van der Waals surface area contributed by atoms with Crippen molar-refractivity contribution in [3.63, 3.8) is 0 Å². The Bertz CT molecular complexity index is 670. The predicted octanol–water partition coefficient (Wildman–Crippen LogP) is 6.08. The molecule has 2 atom stereocenters. The van der Waals surface area contributed by atoms with Crippen molar-refractivity contribution >= 4 is 10.1 Å². The first-order valence-corrected chi connectivity index (χ1v) is 10.5. The third-order valence-electron chi connectivity index (χ3n) is 5.69. The van der Waals surface area contributed by atoms with Gasteiger partial charge in [-0.25, -0.2) is 0 Å². The monoisotopic (exact) mass is 366 g/mol. The van der Waals surface area contributed by atoms with Gasteiger partial charge in [-0.2, -0.15) is 8.42 Å². The topological polar surface area (TPSA) is 54.4 Å². The van der Waals surface area contributed by atoms with Crippen LogP contribution in [0.2, 0.25) is 0 Å². The fraction of sp³-hybridized carbons (Fsp3) is 0.619. The molecule has 0 heterocycles. The Hall–Kier alpha value is -1.13. The Labute approximate surface area is 154 Å². The fourth-order valence-electron chi connectivity index (χ4n) is 3.64. The van der Waals surface area contributed by atoms with Crippen LogP contribution >= 0.6 is 0 Å². The zero-order valence-corrected chi connectivity index (χ0v) is 17.4. The van der Waals surface area contributed by atoms with Crippen molar-refractivity contribution in [1.82, 2.24) is 0 Å². The van der Waals surface area contributed by atoms with E-state index in [9.17, 15) is 13.0 Å². The van der Waals surface area contributed by atoms with E-state index in [1.165, 1.54) is 12.1 Å². The van der Waals surface area contributed by atoms with E-state index in [4.69, 9.17) is 0 Å². The van der Waals surface area contributed by atoms with Gasteiger partial charge in [0.1, 0.15) is 0 Å². The van der Waals surface area contributed by atoms with E-state index in [1.807, 2.05) is 18.2 Å². The van der Waals surface area contributed by atoms with E-state index in [2.05, 4.69) is 48.1 Å². The Morgan fingerprint density at radius 2 is 1.68 bits per heavy atom. The smallest absolute Gasteiger partial charge is 0.282 e. The van der Waals surface area contributed by atoms with Crippen LogP contribution in [0.5, 0.6) is 0 Å². The molecule has 25 heavy (non-hydrogen) atoms. The summed E-state index contributed by atoms with van der Waals surface area (Å²) in [5.41, 5.74) is 1.28. The van der Waals surface area contributed by atoms with Crippen molar-refractivity contribution in [3.05, 3.63) is 42.5 Å². The van der Waals surface area contributed by atoms with E-state index in [0.717, 1.165) is 24.8 Å². The molecule has 1 aromatic rings. The van der Waals surface area contributed by atoms with Gasteiger partial charge in [-0.3, -0.25) is 4.55 Å². The number of hydrogen-bond acceptors (Lipinski definition) is 2. The minimum absolute atomic E-state index is 0.0215. The standard InChI is InChI=1S/C21H34O3S/c1-8-14-20(4,5)15-19(21(6,7)16(3)9-2)17-10-12-18(13-11-17)25(22,23)24/h9-13,16,19H,2,8,14-15H2,1,3-7H3,(H,22,23,24).